The Morgan fingerprint density at radius 3 is 2.37 bits per heavy atom. The van der Waals surface area contributed by atoms with Gasteiger partial charge >= 0.3 is 5.97 Å². The van der Waals surface area contributed by atoms with Crippen LogP contribution in [-0.4, -0.2) is 38.0 Å². The average Bonchev–Trinajstić information content (AvgIpc) is 2.66. The van der Waals surface area contributed by atoms with Gasteiger partial charge in [0.1, 0.15) is 12.3 Å². The maximum atomic E-state index is 12.5. The molecular weight excluding hydrogens is 348 g/mol. The van der Waals surface area contributed by atoms with Gasteiger partial charge in [-0.25, -0.2) is 4.79 Å². The number of ether oxygens (including phenoxy) is 2. The average molecular weight is 370 g/mol. The van der Waals surface area contributed by atoms with Crippen LogP contribution in [0.5, 0.6) is 5.75 Å². The van der Waals surface area contributed by atoms with Gasteiger partial charge in [0.15, 0.2) is 0 Å². The van der Waals surface area contributed by atoms with Crippen molar-refractivity contribution in [3.05, 3.63) is 54.1 Å². The van der Waals surface area contributed by atoms with E-state index in [1.54, 1.807) is 55.5 Å². The maximum Gasteiger partial charge on any atom is 0.340 e. The van der Waals surface area contributed by atoms with Gasteiger partial charge in [-0.3, -0.25) is 14.5 Å². The standard InChI is InChI=1S/C20H22N2O5/c1-4-27-20(25)15-9-5-6-10-16(15)21-19(24)13-22(14(2)23)17-11-7-8-12-18(17)26-3/h5-12H,4,13H2,1-3H3,(H,21,24). The number of carbonyl (C=O) groups excluding carboxylic acids is 3. The number of esters is 1. The molecule has 7 heteroatoms. The first-order chi connectivity index (χ1) is 13.0. The summed E-state index contributed by atoms with van der Waals surface area (Å²) in [6, 6.07) is 13.5. The molecule has 0 aliphatic carbocycles. The molecule has 0 atom stereocenters. The maximum absolute atomic E-state index is 12.5. The van der Waals surface area contributed by atoms with Crippen LogP contribution in [0.25, 0.3) is 0 Å². The SMILES string of the molecule is CCOC(=O)c1ccccc1NC(=O)CN(C(C)=O)c1ccccc1OC. The largest absolute Gasteiger partial charge is 0.495 e. The second-order valence-electron chi connectivity index (χ2n) is 5.59. The van der Waals surface area contributed by atoms with Crippen molar-refractivity contribution in [2.45, 2.75) is 13.8 Å². The molecule has 27 heavy (non-hydrogen) atoms. The molecule has 7 nitrogen and oxygen atoms in total. The number of rotatable bonds is 7. The van der Waals surface area contributed by atoms with Gasteiger partial charge in [-0.2, -0.15) is 0 Å². The molecule has 1 N–H and O–H groups in total. The van der Waals surface area contributed by atoms with E-state index in [-0.39, 0.29) is 24.6 Å². The van der Waals surface area contributed by atoms with Crippen molar-refractivity contribution in [1.29, 1.82) is 0 Å². The van der Waals surface area contributed by atoms with E-state index >= 15 is 0 Å². The number of amides is 2. The molecule has 0 aliphatic rings. The Balaban J connectivity index is 2.21. The Bertz CT molecular complexity index is 835. The third-order valence-corrected chi connectivity index (χ3v) is 3.75. The Kier molecular flexibility index (Phi) is 6.93. The molecule has 2 aromatic rings. The van der Waals surface area contributed by atoms with Crippen molar-refractivity contribution in [1.82, 2.24) is 0 Å². The van der Waals surface area contributed by atoms with Gasteiger partial charge in [0.25, 0.3) is 0 Å². The number of nitrogens with zero attached hydrogens (tertiary/aromatic N) is 1. The number of hydrogen-bond donors (Lipinski definition) is 1. The molecule has 0 radical (unpaired) electrons. The lowest BCUT2D eigenvalue weighted by Crippen LogP contribution is -2.37. The normalized spacial score (nSPS) is 10.0. The lowest BCUT2D eigenvalue weighted by Gasteiger charge is -2.23. The summed E-state index contributed by atoms with van der Waals surface area (Å²) >= 11 is 0. The summed E-state index contributed by atoms with van der Waals surface area (Å²) in [6.07, 6.45) is 0. The highest BCUT2D eigenvalue weighted by atomic mass is 16.5. The summed E-state index contributed by atoms with van der Waals surface area (Å²) in [7, 11) is 1.49. The second-order valence-corrected chi connectivity index (χ2v) is 5.59. The molecule has 0 fully saturated rings. The first-order valence-electron chi connectivity index (χ1n) is 8.45. The smallest absolute Gasteiger partial charge is 0.340 e. The molecular formula is C20H22N2O5. The minimum atomic E-state index is -0.526. The molecule has 2 aromatic carbocycles. The minimum Gasteiger partial charge on any atom is -0.495 e. The van der Waals surface area contributed by atoms with Crippen LogP contribution in [0.2, 0.25) is 0 Å². The topological polar surface area (TPSA) is 84.9 Å². The van der Waals surface area contributed by atoms with Gasteiger partial charge in [-0.15, -0.1) is 0 Å². The fourth-order valence-electron chi connectivity index (χ4n) is 2.53. The van der Waals surface area contributed by atoms with E-state index < -0.39 is 11.9 Å². The fourth-order valence-corrected chi connectivity index (χ4v) is 2.53. The van der Waals surface area contributed by atoms with Gasteiger partial charge in [0.2, 0.25) is 11.8 Å². The van der Waals surface area contributed by atoms with Crippen molar-refractivity contribution in [2.24, 2.45) is 0 Å². The summed E-state index contributed by atoms with van der Waals surface area (Å²) in [6.45, 7) is 3.07. The second kappa shape index (κ2) is 9.38. The lowest BCUT2D eigenvalue weighted by atomic mass is 10.1. The van der Waals surface area contributed by atoms with Crippen LogP contribution < -0.4 is 15.0 Å². The monoisotopic (exact) mass is 370 g/mol. The van der Waals surface area contributed by atoms with E-state index in [1.807, 2.05) is 0 Å². The number of benzene rings is 2. The summed E-state index contributed by atoms with van der Waals surface area (Å²) in [5.41, 5.74) is 1.06. The van der Waals surface area contributed by atoms with E-state index in [0.29, 0.717) is 17.1 Å². The molecule has 0 saturated carbocycles. The Morgan fingerprint density at radius 1 is 1.04 bits per heavy atom. The zero-order valence-corrected chi connectivity index (χ0v) is 15.5. The number of anilines is 2. The van der Waals surface area contributed by atoms with Crippen molar-refractivity contribution < 1.29 is 23.9 Å². The first-order valence-corrected chi connectivity index (χ1v) is 8.45. The van der Waals surface area contributed by atoms with E-state index in [2.05, 4.69) is 5.32 Å². The third-order valence-electron chi connectivity index (χ3n) is 3.75. The van der Waals surface area contributed by atoms with E-state index in [9.17, 15) is 14.4 Å². The Hall–Kier alpha value is -3.35. The molecule has 0 bridgehead atoms. The molecule has 0 aromatic heterocycles. The first kappa shape index (κ1) is 20.0. The van der Waals surface area contributed by atoms with Gasteiger partial charge in [-0.05, 0) is 31.2 Å². The van der Waals surface area contributed by atoms with E-state index in [1.165, 1.54) is 18.9 Å². The fraction of sp³-hybridized carbons (Fsp3) is 0.250. The number of hydrogen-bond acceptors (Lipinski definition) is 5. The molecule has 2 rings (SSSR count). The molecule has 0 saturated heterocycles. The van der Waals surface area contributed by atoms with Crippen LogP contribution in [0.1, 0.15) is 24.2 Å². The van der Waals surface area contributed by atoms with Gasteiger partial charge in [0.05, 0.1) is 30.7 Å². The van der Waals surface area contributed by atoms with Crippen molar-refractivity contribution >= 4 is 29.2 Å². The number of carbonyl (C=O) groups is 3. The number of para-hydroxylation sites is 3. The quantitative estimate of drug-likeness (QED) is 0.758. The minimum absolute atomic E-state index is 0.229. The molecule has 0 heterocycles. The molecule has 142 valence electrons. The predicted octanol–water partition coefficient (Wildman–Crippen LogP) is 2.86. The Labute approximate surface area is 157 Å². The van der Waals surface area contributed by atoms with E-state index in [0.717, 1.165) is 0 Å². The zero-order valence-electron chi connectivity index (χ0n) is 15.5. The van der Waals surface area contributed by atoms with Gasteiger partial charge in [-0.1, -0.05) is 24.3 Å². The van der Waals surface area contributed by atoms with Crippen molar-refractivity contribution in [3.63, 3.8) is 0 Å². The van der Waals surface area contributed by atoms with Crippen molar-refractivity contribution in [2.75, 3.05) is 30.5 Å². The lowest BCUT2D eigenvalue weighted by molar-refractivity contribution is -0.120. The van der Waals surface area contributed by atoms with Crippen LogP contribution in [0.3, 0.4) is 0 Å². The number of nitrogens with one attached hydrogen (secondary N) is 1. The molecule has 0 aliphatic heterocycles. The highest BCUT2D eigenvalue weighted by Gasteiger charge is 2.20. The molecule has 2 amide bonds. The third kappa shape index (κ3) is 5.07. The predicted molar refractivity (Wildman–Crippen MR) is 102 cm³/mol. The zero-order chi connectivity index (χ0) is 19.8. The molecule has 0 unspecified atom stereocenters. The highest BCUT2D eigenvalue weighted by Crippen LogP contribution is 2.27. The van der Waals surface area contributed by atoms with Crippen LogP contribution in [-0.2, 0) is 14.3 Å². The van der Waals surface area contributed by atoms with Gasteiger partial charge < -0.3 is 14.8 Å². The summed E-state index contributed by atoms with van der Waals surface area (Å²) in [4.78, 5) is 37.9. The van der Waals surface area contributed by atoms with E-state index in [4.69, 9.17) is 9.47 Å². The summed E-state index contributed by atoms with van der Waals surface area (Å²) < 4.78 is 10.3. The van der Waals surface area contributed by atoms with Crippen LogP contribution in [0.4, 0.5) is 11.4 Å². The Morgan fingerprint density at radius 2 is 1.70 bits per heavy atom. The van der Waals surface area contributed by atoms with Crippen LogP contribution >= 0.6 is 0 Å². The molecule has 0 spiro atoms. The van der Waals surface area contributed by atoms with Crippen LogP contribution in [0, 0.1) is 0 Å². The number of methoxy groups -OCH3 is 1. The van der Waals surface area contributed by atoms with Gasteiger partial charge in [0, 0.05) is 6.92 Å². The highest BCUT2D eigenvalue weighted by molar-refractivity contribution is 6.05. The summed E-state index contributed by atoms with van der Waals surface area (Å²) in [5, 5.41) is 2.67. The van der Waals surface area contributed by atoms with Crippen LogP contribution in [0.15, 0.2) is 48.5 Å². The van der Waals surface area contributed by atoms with Crippen molar-refractivity contribution in [3.8, 4) is 5.75 Å². The summed E-state index contributed by atoms with van der Waals surface area (Å²) in [5.74, 6) is -0.810.